The molecule has 4 nitrogen and oxygen atoms in total. The SMILES string of the molecule is CCOCC(O)CN1CC(N)Cc2ccccc21. The Hall–Kier alpha value is -1.10. The van der Waals surface area contributed by atoms with Crippen LogP contribution < -0.4 is 10.6 Å². The fourth-order valence-electron chi connectivity index (χ4n) is 2.45. The number of anilines is 1. The predicted molar refractivity (Wildman–Crippen MR) is 72.8 cm³/mol. The minimum absolute atomic E-state index is 0.138. The Kier molecular flexibility index (Phi) is 4.58. The Labute approximate surface area is 108 Å². The van der Waals surface area contributed by atoms with Gasteiger partial charge in [0.15, 0.2) is 0 Å². The molecule has 3 N–H and O–H groups in total. The van der Waals surface area contributed by atoms with E-state index < -0.39 is 6.10 Å². The number of rotatable bonds is 5. The largest absolute Gasteiger partial charge is 0.389 e. The highest BCUT2D eigenvalue weighted by molar-refractivity contribution is 5.56. The van der Waals surface area contributed by atoms with E-state index in [-0.39, 0.29) is 6.04 Å². The van der Waals surface area contributed by atoms with Crippen LogP contribution in [0.25, 0.3) is 0 Å². The van der Waals surface area contributed by atoms with Crippen molar-refractivity contribution >= 4 is 5.69 Å². The van der Waals surface area contributed by atoms with Crippen molar-refractivity contribution in [1.29, 1.82) is 0 Å². The third-order valence-corrected chi connectivity index (χ3v) is 3.21. The summed E-state index contributed by atoms with van der Waals surface area (Å²) in [4.78, 5) is 2.16. The van der Waals surface area contributed by atoms with E-state index in [1.54, 1.807) is 0 Å². The fourth-order valence-corrected chi connectivity index (χ4v) is 2.45. The van der Waals surface area contributed by atoms with E-state index >= 15 is 0 Å². The van der Waals surface area contributed by atoms with Crippen molar-refractivity contribution in [3.63, 3.8) is 0 Å². The topological polar surface area (TPSA) is 58.7 Å². The number of fused-ring (bicyclic) bond motifs is 1. The molecule has 1 aromatic rings. The molecule has 18 heavy (non-hydrogen) atoms. The molecule has 2 unspecified atom stereocenters. The van der Waals surface area contributed by atoms with Crippen LogP contribution in [-0.2, 0) is 11.2 Å². The first-order chi connectivity index (χ1) is 8.70. The van der Waals surface area contributed by atoms with Crippen LogP contribution in [0.4, 0.5) is 5.69 Å². The molecule has 0 spiro atoms. The first-order valence-corrected chi connectivity index (χ1v) is 6.55. The lowest BCUT2D eigenvalue weighted by molar-refractivity contribution is 0.0461. The second kappa shape index (κ2) is 6.18. The molecule has 0 bridgehead atoms. The van der Waals surface area contributed by atoms with Gasteiger partial charge in [-0.15, -0.1) is 0 Å². The number of hydrogen-bond donors (Lipinski definition) is 2. The standard InChI is InChI=1S/C14H22N2O2/c1-2-18-10-13(17)9-16-8-12(15)7-11-5-3-4-6-14(11)16/h3-6,12-13,17H,2,7-10,15H2,1H3. The third-order valence-electron chi connectivity index (χ3n) is 3.21. The van der Waals surface area contributed by atoms with Crippen LogP contribution in [-0.4, -0.2) is 43.6 Å². The third kappa shape index (κ3) is 3.22. The second-order valence-corrected chi connectivity index (χ2v) is 4.81. The van der Waals surface area contributed by atoms with E-state index in [0.29, 0.717) is 19.8 Å². The summed E-state index contributed by atoms with van der Waals surface area (Å²) >= 11 is 0. The molecule has 1 aliphatic heterocycles. The van der Waals surface area contributed by atoms with Gasteiger partial charge in [0, 0.05) is 31.4 Å². The summed E-state index contributed by atoms with van der Waals surface area (Å²) in [6.45, 7) is 4.31. The number of benzene rings is 1. The summed E-state index contributed by atoms with van der Waals surface area (Å²) in [5, 5.41) is 9.94. The summed E-state index contributed by atoms with van der Waals surface area (Å²) in [5.74, 6) is 0. The Balaban J connectivity index is 2.04. The van der Waals surface area contributed by atoms with E-state index in [9.17, 15) is 5.11 Å². The first kappa shape index (κ1) is 13.3. The number of β-amino-alcohol motifs (C(OH)–C–C–N with tert-alkyl or cyclic N) is 1. The molecular formula is C14H22N2O2. The number of para-hydroxylation sites is 1. The molecule has 0 aliphatic carbocycles. The molecule has 0 aromatic heterocycles. The van der Waals surface area contributed by atoms with Gasteiger partial charge in [0.2, 0.25) is 0 Å². The maximum Gasteiger partial charge on any atom is 0.0948 e. The van der Waals surface area contributed by atoms with E-state index in [1.807, 2.05) is 19.1 Å². The van der Waals surface area contributed by atoms with Crippen molar-refractivity contribution in [3.05, 3.63) is 29.8 Å². The normalized spacial score (nSPS) is 20.6. The van der Waals surface area contributed by atoms with E-state index in [4.69, 9.17) is 10.5 Å². The van der Waals surface area contributed by atoms with Crippen LogP contribution in [0, 0.1) is 0 Å². The van der Waals surface area contributed by atoms with Crippen LogP contribution in [0.1, 0.15) is 12.5 Å². The zero-order valence-corrected chi connectivity index (χ0v) is 10.9. The van der Waals surface area contributed by atoms with E-state index in [1.165, 1.54) is 11.3 Å². The molecule has 1 aromatic carbocycles. The maximum absolute atomic E-state index is 9.94. The van der Waals surface area contributed by atoms with E-state index in [2.05, 4.69) is 17.0 Å². The highest BCUT2D eigenvalue weighted by Crippen LogP contribution is 2.26. The lowest BCUT2D eigenvalue weighted by atomic mass is 9.98. The minimum Gasteiger partial charge on any atom is -0.389 e. The van der Waals surface area contributed by atoms with Crippen molar-refractivity contribution in [2.24, 2.45) is 5.73 Å². The van der Waals surface area contributed by atoms with Gasteiger partial charge in [0.25, 0.3) is 0 Å². The highest BCUT2D eigenvalue weighted by Gasteiger charge is 2.23. The molecule has 0 radical (unpaired) electrons. The molecule has 0 saturated heterocycles. The average molecular weight is 250 g/mol. The van der Waals surface area contributed by atoms with Gasteiger partial charge >= 0.3 is 0 Å². The van der Waals surface area contributed by atoms with Gasteiger partial charge in [-0.25, -0.2) is 0 Å². The van der Waals surface area contributed by atoms with Crippen LogP contribution >= 0.6 is 0 Å². The zero-order valence-electron chi connectivity index (χ0n) is 10.9. The lowest BCUT2D eigenvalue weighted by Gasteiger charge is -2.35. The Bertz CT molecular complexity index is 384. The number of ether oxygens (including phenoxy) is 1. The smallest absolute Gasteiger partial charge is 0.0948 e. The van der Waals surface area contributed by atoms with Crippen LogP contribution in [0.15, 0.2) is 24.3 Å². The zero-order chi connectivity index (χ0) is 13.0. The monoisotopic (exact) mass is 250 g/mol. The van der Waals surface area contributed by atoms with Crippen LogP contribution in [0.3, 0.4) is 0 Å². The summed E-state index contributed by atoms with van der Waals surface area (Å²) in [6, 6.07) is 8.40. The molecule has 0 saturated carbocycles. The first-order valence-electron chi connectivity index (χ1n) is 6.55. The molecule has 1 heterocycles. The Morgan fingerprint density at radius 2 is 2.28 bits per heavy atom. The molecule has 0 amide bonds. The van der Waals surface area contributed by atoms with Gasteiger partial charge in [0.05, 0.1) is 12.7 Å². The van der Waals surface area contributed by atoms with E-state index in [0.717, 1.165) is 13.0 Å². The van der Waals surface area contributed by atoms with Crippen molar-refractivity contribution in [2.75, 3.05) is 31.2 Å². The van der Waals surface area contributed by atoms with Crippen molar-refractivity contribution in [2.45, 2.75) is 25.5 Å². The summed E-state index contributed by atoms with van der Waals surface area (Å²) in [6.07, 6.45) is 0.442. The minimum atomic E-state index is -0.469. The molecular weight excluding hydrogens is 228 g/mol. The molecule has 4 heteroatoms. The number of aliphatic hydroxyl groups excluding tert-OH is 1. The van der Waals surface area contributed by atoms with Gasteiger partial charge in [-0.3, -0.25) is 0 Å². The van der Waals surface area contributed by atoms with Crippen LogP contribution in [0.2, 0.25) is 0 Å². The number of aliphatic hydroxyl groups is 1. The maximum atomic E-state index is 9.94. The van der Waals surface area contributed by atoms with Crippen molar-refractivity contribution in [1.82, 2.24) is 0 Å². The van der Waals surface area contributed by atoms with Gasteiger partial charge in [-0.05, 0) is 25.0 Å². The quantitative estimate of drug-likeness (QED) is 0.810. The molecule has 2 rings (SSSR count). The summed E-state index contributed by atoms with van der Waals surface area (Å²) in [5.41, 5.74) is 8.51. The Morgan fingerprint density at radius 3 is 3.06 bits per heavy atom. The Morgan fingerprint density at radius 1 is 1.50 bits per heavy atom. The number of nitrogens with two attached hydrogens (primary N) is 1. The predicted octanol–water partition coefficient (Wildman–Crippen LogP) is 0.774. The van der Waals surface area contributed by atoms with Gasteiger partial charge in [-0.2, -0.15) is 0 Å². The number of nitrogens with zero attached hydrogens (tertiary/aromatic N) is 1. The summed E-state index contributed by atoms with van der Waals surface area (Å²) < 4.78 is 5.24. The number of hydrogen-bond acceptors (Lipinski definition) is 4. The molecule has 1 aliphatic rings. The summed E-state index contributed by atoms with van der Waals surface area (Å²) in [7, 11) is 0. The molecule has 0 fully saturated rings. The average Bonchev–Trinajstić information content (AvgIpc) is 2.36. The lowest BCUT2D eigenvalue weighted by Crippen LogP contribution is -2.46. The van der Waals surface area contributed by atoms with Crippen LogP contribution in [0.5, 0.6) is 0 Å². The molecule has 100 valence electrons. The van der Waals surface area contributed by atoms with Gasteiger partial charge in [-0.1, -0.05) is 18.2 Å². The van der Waals surface area contributed by atoms with Crippen molar-refractivity contribution in [3.8, 4) is 0 Å². The second-order valence-electron chi connectivity index (χ2n) is 4.81. The fraction of sp³-hybridized carbons (Fsp3) is 0.571. The molecule has 2 atom stereocenters. The van der Waals surface area contributed by atoms with Crippen molar-refractivity contribution < 1.29 is 9.84 Å². The van der Waals surface area contributed by atoms with Gasteiger partial charge < -0.3 is 20.5 Å². The van der Waals surface area contributed by atoms with Gasteiger partial charge in [0.1, 0.15) is 0 Å². The highest BCUT2D eigenvalue weighted by atomic mass is 16.5.